The maximum atomic E-state index is 12.2. The van der Waals surface area contributed by atoms with Gasteiger partial charge in [0, 0.05) is 29.7 Å². The number of carbonyl (C=O) groups is 1. The number of amides is 1. The number of ether oxygens (including phenoxy) is 1. The minimum Gasteiger partial charge on any atom is -0.439 e. The number of nitrogens with zero attached hydrogens (tertiary/aromatic N) is 2. The lowest BCUT2D eigenvalue weighted by Gasteiger charge is -2.10. The van der Waals surface area contributed by atoms with Crippen LogP contribution in [0.15, 0.2) is 54.6 Å². The van der Waals surface area contributed by atoms with Crippen LogP contribution < -0.4 is 10.1 Å². The Morgan fingerprint density at radius 2 is 1.85 bits per heavy atom. The molecule has 0 radical (unpaired) electrons. The minimum absolute atomic E-state index is 0.131. The van der Waals surface area contributed by atoms with E-state index in [1.807, 2.05) is 44.3 Å². The van der Waals surface area contributed by atoms with Crippen molar-refractivity contribution < 1.29 is 9.53 Å². The van der Waals surface area contributed by atoms with E-state index in [2.05, 4.69) is 10.4 Å². The second-order valence-electron chi connectivity index (χ2n) is 5.92. The molecule has 0 aliphatic carbocycles. The highest BCUT2D eigenvalue weighted by Gasteiger charge is 2.16. The van der Waals surface area contributed by atoms with Crippen LogP contribution in [0, 0.1) is 6.92 Å². The fourth-order valence-corrected chi connectivity index (χ4v) is 2.83. The van der Waals surface area contributed by atoms with Gasteiger partial charge in [-0.2, -0.15) is 5.10 Å². The van der Waals surface area contributed by atoms with Crippen LogP contribution in [0.4, 0.5) is 0 Å². The van der Waals surface area contributed by atoms with Crippen molar-refractivity contribution in [1.29, 1.82) is 0 Å². The van der Waals surface area contributed by atoms with E-state index in [0.29, 0.717) is 29.4 Å². The fraction of sp³-hybridized carbons (Fsp3) is 0.200. The number of rotatable bonds is 6. The highest BCUT2D eigenvalue weighted by Crippen LogP contribution is 2.27. The summed E-state index contributed by atoms with van der Waals surface area (Å²) >= 11 is 5.85. The quantitative estimate of drug-likeness (QED) is 0.710. The van der Waals surface area contributed by atoms with Crippen LogP contribution in [0.25, 0.3) is 0 Å². The van der Waals surface area contributed by atoms with Gasteiger partial charge >= 0.3 is 0 Å². The number of aromatic nitrogens is 2. The van der Waals surface area contributed by atoms with E-state index in [0.717, 1.165) is 17.0 Å². The van der Waals surface area contributed by atoms with E-state index in [1.54, 1.807) is 28.9 Å². The lowest BCUT2D eigenvalue weighted by atomic mass is 10.1. The lowest BCUT2D eigenvalue weighted by Crippen LogP contribution is -2.25. The van der Waals surface area contributed by atoms with Crippen molar-refractivity contribution in [1.82, 2.24) is 15.1 Å². The van der Waals surface area contributed by atoms with Gasteiger partial charge in [0.25, 0.3) is 5.91 Å². The summed E-state index contributed by atoms with van der Waals surface area (Å²) in [6.07, 6.45) is 0.626. The van der Waals surface area contributed by atoms with Gasteiger partial charge in [0.05, 0.1) is 5.69 Å². The maximum Gasteiger partial charge on any atom is 0.251 e. The molecule has 0 aliphatic rings. The van der Waals surface area contributed by atoms with Crippen molar-refractivity contribution in [2.45, 2.75) is 13.3 Å². The van der Waals surface area contributed by atoms with Gasteiger partial charge < -0.3 is 10.1 Å². The zero-order valence-corrected chi connectivity index (χ0v) is 15.5. The third-order valence-electron chi connectivity index (χ3n) is 4.01. The summed E-state index contributed by atoms with van der Waals surface area (Å²) in [4.78, 5) is 12.2. The largest absolute Gasteiger partial charge is 0.439 e. The maximum absolute atomic E-state index is 12.2. The van der Waals surface area contributed by atoms with Crippen molar-refractivity contribution in [3.05, 3.63) is 76.4 Å². The van der Waals surface area contributed by atoms with Crippen LogP contribution in [0.1, 0.15) is 21.6 Å². The molecular formula is C20H20ClN3O2. The van der Waals surface area contributed by atoms with Gasteiger partial charge in [-0.25, -0.2) is 4.68 Å². The number of hydrogen-bond donors (Lipinski definition) is 1. The molecule has 0 fully saturated rings. The van der Waals surface area contributed by atoms with Crippen molar-refractivity contribution in [2.24, 2.45) is 7.05 Å². The second-order valence-corrected chi connectivity index (χ2v) is 6.36. The summed E-state index contributed by atoms with van der Waals surface area (Å²) < 4.78 is 7.71. The predicted octanol–water partition coefficient (Wildman–Crippen LogP) is 4.15. The molecule has 0 saturated carbocycles. The first kappa shape index (κ1) is 18.0. The number of halogens is 1. The number of hydrogen-bond acceptors (Lipinski definition) is 3. The van der Waals surface area contributed by atoms with Gasteiger partial charge in [0.15, 0.2) is 0 Å². The van der Waals surface area contributed by atoms with Crippen LogP contribution in [0.3, 0.4) is 0 Å². The van der Waals surface area contributed by atoms with E-state index in [1.165, 1.54) is 0 Å². The first-order valence-electron chi connectivity index (χ1n) is 8.33. The number of nitrogens with one attached hydrogen (secondary N) is 1. The van der Waals surface area contributed by atoms with Gasteiger partial charge in [0.1, 0.15) is 5.75 Å². The summed E-state index contributed by atoms with van der Waals surface area (Å²) in [5, 5.41) is 7.96. The molecule has 3 rings (SSSR count). The Morgan fingerprint density at radius 3 is 2.54 bits per heavy atom. The number of aryl methyl sites for hydroxylation is 2. The van der Waals surface area contributed by atoms with Crippen LogP contribution in [0.2, 0.25) is 5.02 Å². The Morgan fingerprint density at radius 1 is 1.15 bits per heavy atom. The van der Waals surface area contributed by atoms with E-state index in [4.69, 9.17) is 16.3 Å². The third kappa shape index (κ3) is 4.24. The Hall–Kier alpha value is -2.79. The van der Waals surface area contributed by atoms with E-state index >= 15 is 0 Å². The average molecular weight is 370 g/mol. The van der Waals surface area contributed by atoms with Gasteiger partial charge in [-0.1, -0.05) is 29.8 Å². The summed E-state index contributed by atoms with van der Waals surface area (Å²) in [5.74, 6) is 1.31. The van der Waals surface area contributed by atoms with Crippen molar-refractivity contribution in [3.8, 4) is 11.6 Å². The molecule has 134 valence electrons. The molecule has 0 aliphatic heterocycles. The monoisotopic (exact) mass is 369 g/mol. The molecule has 0 spiro atoms. The summed E-state index contributed by atoms with van der Waals surface area (Å²) in [6, 6.07) is 16.4. The Bertz CT molecular complexity index is 889. The first-order chi connectivity index (χ1) is 12.5. The number of benzene rings is 2. The van der Waals surface area contributed by atoms with Gasteiger partial charge in [-0.3, -0.25) is 4.79 Å². The summed E-state index contributed by atoms with van der Waals surface area (Å²) in [6.45, 7) is 2.42. The molecule has 1 N–H and O–H groups in total. The minimum atomic E-state index is -0.131. The molecule has 1 aromatic heterocycles. The molecule has 1 amide bonds. The summed E-state index contributed by atoms with van der Waals surface area (Å²) in [7, 11) is 1.85. The van der Waals surface area contributed by atoms with Gasteiger partial charge in [-0.15, -0.1) is 0 Å². The molecule has 3 aromatic rings. The second kappa shape index (κ2) is 8.06. The normalized spacial score (nSPS) is 10.6. The molecule has 0 bridgehead atoms. The van der Waals surface area contributed by atoms with Crippen LogP contribution in [-0.4, -0.2) is 22.2 Å². The van der Waals surface area contributed by atoms with E-state index in [9.17, 15) is 4.79 Å². The standard InChI is InChI=1S/C20H20ClN3O2/c1-14-18(12-13-22-19(25)15-8-10-16(21)11-9-15)20(24(2)23-14)26-17-6-4-3-5-7-17/h3-11H,12-13H2,1-2H3,(H,22,25). The number of carbonyl (C=O) groups excluding carboxylic acids is 1. The van der Waals surface area contributed by atoms with Crippen molar-refractivity contribution in [3.63, 3.8) is 0 Å². The van der Waals surface area contributed by atoms with E-state index in [-0.39, 0.29) is 5.91 Å². The van der Waals surface area contributed by atoms with Crippen LogP contribution in [-0.2, 0) is 13.5 Å². The number of para-hydroxylation sites is 1. The molecular weight excluding hydrogens is 350 g/mol. The van der Waals surface area contributed by atoms with Crippen LogP contribution >= 0.6 is 11.6 Å². The molecule has 5 nitrogen and oxygen atoms in total. The van der Waals surface area contributed by atoms with Crippen LogP contribution in [0.5, 0.6) is 11.6 Å². The molecule has 0 saturated heterocycles. The SMILES string of the molecule is Cc1nn(C)c(Oc2ccccc2)c1CCNC(=O)c1ccc(Cl)cc1. The Kier molecular flexibility index (Phi) is 5.58. The summed E-state index contributed by atoms with van der Waals surface area (Å²) in [5.41, 5.74) is 2.45. The van der Waals surface area contributed by atoms with Gasteiger partial charge in [0.2, 0.25) is 5.88 Å². The zero-order valence-electron chi connectivity index (χ0n) is 14.7. The van der Waals surface area contributed by atoms with Crippen molar-refractivity contribution in [2.75, 3.05) is 6.54 Å². The van der Waals surface area contributed by atoms with E-state index < -0.39 is 0 Å². The van der Waals surface area contributed by atoms with Crippen molar-refractivity contribution >= 4 is 17.5 Å². The molecule has 6 heteroatoms. The smallest absolute Gasteiger partial charge is 0.251 e. The molecule has 0 atom stereocenters. The first-order valence-corrected chi connectivity index (χ1v) is 8.71. The zero-order chi connectivity index (χ0) is 18.5. The molecule has 0 unspecified atom stereocenters. The lowest BCUT2D eigenvalue weighted by molar-refractivity contribution is 0.0954. The van der Waals surface area contributed by atoms with Gasteiger partial charge in [-0.05, 0) is 49.7 Å². The topological polar surface area (TPSA) is 56.1 Å². The highest BCUT2D eigenvalue weighted by atomic mass is 35.5. The Balaban J connectivity index is 1.66. The predicted molar refractivity (Wildman–Crippen MR) is 102 cm³/mol. The average Bonchev–Trinajstić information content (AvgIpc) is 2.90. The Labute approximate surface area is 157 Å². The molecule has 26 heavy (non-hydrogen) atoms. The third-order valence-corrected chi connectivity index (χ3v) is 4.27. The molecule has 2 aromatic carbocycles. The molecule has 1 heterocycles. The fourth-order valence-electron chi connectivity index (χ4n) is 2.70. The highest BCUT2D eigenvalue weighted by molar-refractivity contribution is 6.30.